The normalized spacial score (nSPS) is 22.2. The Morgan fingerprint density at radius 1 is 1.19 bits per heavy atom. The number of piperidine rings is 1. The molecular formula is C16H15Br2ClN2. The van der Waals surface area contributed by atoms with Crippen molar-refractivity contribution in [1.29, 1.82) is 0 Å². The van der Waals surface area contributed by atoms with Gasteiger partial charge in [-0.15, -0.1) is 0 Å². The second kappa shape index (κ2) is 6.78. The highest BCUT2D eigenvalue weighted by Crippen LogP contribution is 2.41. The average Bonchev–Trinajstić information content (AvgIpc) is 2.48. The number of nitrogens with zero attached hydrogens (tertiary/aromatic N) is 1. The molecule has 2 aromatic rings. The number of pyridine rings is 1. The molecule has 2 atom stereocenters. The molecule has 1 saturated heterocycles. The molecule has 0 aliphatic carbocycles. The van der Waals surface area contributed by atoms with Crippen molar-refractivity contribution in [2.45, 2.75) is 18.3 Å². The van der Waals surface area contributed by atoms with E-state index < -0.39 is 0 Å². The van der Waals surface area contributed by atoms with E-state index in [4.69, 9.17) is 11.6 Å². The van der Waals surface area contributed by atoms with E-state index >= 15 is 0 Å². The zero-order valence-electron chi connectivity index (χ0n) is 11.3. The molecule has 0 radical (unpaired) electrons. The Morgan fingerprint density at radius 2 is 2.00 bits per heavy atom. The number of nitrogens with one attached hydrogen (secondary N) is 1. The van der Waals surface area contributed by atoms with Crippen molar-refractivity contribution in [3.8, 4) is 0 Å². The highest BCUT2D eigenvalue weighted by Gasteiger charge is 2.31. The maximum Gasteiger partial charge on any atom is 0.0584 e. The van der Waals surface area contributed by atoms with Gasteiger partial charge in [0.1, 0.15) is 0 Å². The van der Waals surface area contributed by atoms with E-state index in [-0.39, 0.29) is 0 Å². The summed E-state index contributed by atoms with van der Waals surface area (Å²) in [5, 5.41) is 4.32. The summed E-state index contributed by atoms with van der Waals surface area (Å²) in [5.74, 6) is 0.714. The second-order valence-corrected chi connectivity index (χ2v) is 7.43. The summed E-state index contributed by atoms with van der Waals surface area (Å²) < 4.78 is 2.04. The SMILES string of the molecule is Clc1ccccc1C1CNCCC1c1ncc(Br)cc1Br. The Labute approximate surface area is 146 Å². The maximum atomic E-state index is 6.41. The molecule has 1 aromatic heterocycles. The van der Waals surface area contributed by atoms with Gasteiger partial charge < -0.3 is 5.32 Å². The minimum absolute atomic E-state index is 0.345. The van der Waals surface area contributed by atoms with Gasteiger partial charge >= 0.3 is 0 Å². The number of hydrogen-bond acceptors (Lipinski definition) is 2. The standard InChI is InChI=1S/C16H15Br2ClN2/c17-10-7-14(18)16(21-8-10)12-5-6-20-9-13(12)11-3-1-2-4-15(11)19/h1-4,7-8,12-13,20H,5-6,9H2. The first kappa shape index (κ1) is 15.5. The third kappa shape index (κ3) is 3.34. The minimum atomic E-state index is 0.345. The first-order chi connectivity index (χ1) is 10.2. The fourth-order valence-electron chi connectivity index (χ4n) is 2.99. The van der Waals surface area contributed by atoms with Crippen LogP contribution in [0.3, 0.4) is 0 Å². The summed E-state index contributed by atoms with van der Waals surface area (Å²) in [6.45, 7) is 1.94. The number of aromatic nitrogens is 1. The van der Waals surface area contributed by atoms with Crippen LogP contribution in [0.4, 0.5) is 0 Å². The summed E-state index contributed by atoms with van der Waals surface area (Å²) in [7, 11) is 0. The molecular weight excluding hydrogens is 415 g/mol. The summed E-state index contributed by atoms with van der Waals surface area (Å²) in [5.41, 5.74) is 2.32. The van der Waals surface area contributed by atoms with E-state index in [0.717, 1.165) is 39.2 Å². The van der Waals surface area contributed by atoms with E-state index in [2.05, 4.69) is 60.4 Å². The van der Waals surface area contributed by atoms with E-state index in [0.29, 0.717) is 11.8 Å². The molecule has 0 bridgehead atoms. The van der Waals surface area contributed by atoms with Crippen LogP contribution in [0.1, 0.15) is 29.5 Å². The van der Waals surface area contributed by atoms with Crippen molar-refractivity contribution in [2.24, 2.45) is 0 Å². The van der Waals surface area contributed by atoms with Crippen LogP contribution in [0.15, 0.2) is 45.5 Å². The molecule has 0 amide bonds. The van der Waals surface area contributed by atoms with Crippen molar-refractivity contribution in [3.05, 3.63) is 61.8 Å². The van der Waals surface area contributed by atoms with Crippen LogP contribution >= 0.6 is 43.5 Å². The van der Waals surface area contributed by atoms with Crippen molar-refractivity contribution in [1.82, 2.24) is 10.3 Å². The fraction of sp³-hybridized carbons (Fsp3) is 0.312. The van der Waals surface area contributed by atoms with E-state index in [1.54, 1.807) is 0 Å². The molecule has 1 aromatic carbocycles. The molecule has 3 rings (SSSR count). The van der Waals surface area contributed by atoms with Crippen LogP contribution < -0.4 is 5.32 Å². The smallest absolute Gasteiger partial charge is 0.0584 e. The lowest BCUT2D eigenvalue weighted by molar-refractivity contribution is 0.397. The minimum Gasteiger partial charge on any atom is -0.316 e. The van der Waals surface area contributed by atoms with Crippen LogP contribution in [0, 0.1) is 0 Å². The van der Waals surface area contributed by atoms with Crippen LogP contribution in [-0.4, -0.2) is 18.1 Å². The number of hydrogen-bond donors (Lipinski definition) is 1. The molecule has 2 unspecified atom stereocenters. The lowest BCUT2D eigenvalue weighted by atomic mass is 9.79. The van der Waals surface area contributed by atoms with Crippen LogP contribution in [0.5, 0.6) is 0 Å². The van der Waals surface area contributed by atoms with Crippen LogP contribution in [-0.2, 0) is 0 Å². The van der Waals surface area contributed by atoms with Crippen LogP contribution in [0.2, 0.25) is 5.02 Å². The molecule has 0 spiro atoms. The van der Waals surface area contributed by atoms with Gasteiger partial charge in [-0.3, -0.25) is 4.98 Å². The Bertz CT molecular complexity index is 648. The second-order valence-electron chi connectivity index (χ2n) is 5.25. The van der Waals surface area contributed by atoms with E-state index in [1.807, 2.05) is 18.3 Å². The molecule has 1 fully saturated rings. The van der Waals surface area contributed by atoms with Gasteiger partial charge in [0.25, 0.3) is 0 Å². The van der Waals surface area contributed by atoms with Gasteiger partial charge in [-0.1, -0.05) is 29.8 Å². The summed E-state index contributed by atoms with van der Waals surface area (Å²) in [6, 6.07) is 10.2. The van der Waals surface area contributed by atoms with E-state index in [1.165, 1.54) is 5.56 Å². The molecule has 0 saturated carbocycles. The van der Waals surface area contributed by atoms with Gasteiger partial charge in [0.05, 0.1) is 5.69 Å². The molecule has 110 valence electrons. The average molecular weight is 431 g/mol. The van der Waals surface area contributed by atoms with Crippen molar-refractivity contribution < 1.29 is 0 Å². The predicted molar refractivity (Wildman–Crippen MR) is 94.1 cm³/mol. The molecule has 2 nitrogen and oxygen atoms in total. The highest BCUT2D eigenvalue weighted by molar-refractivity contribution is 9.11. The molecule has 1 aliphatic rings. The lowest BCUT2D eigenvalue weighted by Crippen LogP contribution is -2.34. The van der Waals surface area contributed by atoms with Crippen LogP contribution in [0.25, 0.3) is 0 Å². The fourth-order valence-corrected chi connectivity index (χ4v) is 4.54. The lowest BCUT2D eigenvalue weighted by Gasteiger charge is -2.33. The largest absolute Gasteiger partial charge is 0.316 e. The van der Waals surface area contributed by atoms with Crippen molar-refractivity contribution in [3.63, 3.8) is 0 Å². The summed E-state index contributed by atoms with van der Waals surface area (Å²) >= 11 is 13.5. The molecule has 5 heteroatoms. The van der Waals surface area contributed by atoms with E-state index in [9.17, 15) is 0 Å². The third-order valence-corrected chi connectivity index (χ3v) is 5.39. The Hall–Kier alpha value is -0.420. The Kier molecular flexibility index (Phi) is 4.99. The third-order valence-electron chi connectivity index (χ3n) is 3.97. The van der Waals surface area contributed by atoms with Gasteiger partial charge in [-0.05, 0) is 62.5 Å². The molecule has 2 heterocycles. The Balaban J connectivity index is 2.00. The molecule has 21 heavy (non-hydrogen) atoms. The topological polar surface area (TPSA) is 24.9 Å². The number of halogens is 3. The quantitative estimate of drug-likeness (QED) is 0.715. The maximum absolute atomic E-state index is 6.41. The summed E-state index contributed by atoms with van der Waals surface area (Å²) in [6.07, 6.45) is 2.93. The van der Waals surface area contributed by atoms with Gasteiger partial charge in [0, 0.05) is 38.5 Å². The molecule has 1 N–H and O–H groups in total. The highest BCUT2D eigenvalue weighted by atomic mass is 79.9. The van der Waals surface area contributed by atoms with Gasteiger partial charge in [-0.25, -0.2) is 0 Å². The van der Waals surface area contributed by atoms with Gasteiger partial charge in [0.2, 0.25) is 0 Å². The van der Waals surface area contributed by atoms with Gasteiger partial charge in [0.15, 0.2) is 0 Å². The number of rotatable bonds is 2. The zero-order valence-corrected chi connectivity index (χ0v) is 15.2. The zero-order chi connectivity index (χ0) is 14.8. The monoisotopic (exact) mass is 428 g/mol. The summed E-state index contributed by atoms with van der Waals surface area (Å²) in [4.78, 5) is 4.64. The predicted octanol–water partition coefficient (Wildman–Crippen LogP) is 5.12. The first-order valence-electron chi connectivity index (χ1n) is 6.93. The molecule has 1 aliphatic heterocycles. The first-order valence-corrected chi connectivity index (χ1v) is 8.89. The Morgan fingerprint density at radius 3 is 2.76 bits per heavy atom. The van der Waals surface area contributed by atoms with Crippen molar-refractivity contribution in [2.75, 3.05) is 13.1 Å². The van der Waals surface area contributed by atoms with Crippen molar-refractivity contribution >= 4 is 43.5 Å². The van der Waals surface area contributed by atoms with Gasteiger partial charge in [-0.2, -0.15) is 0 Å². The number of benzene rings is 1.